The van der Waals surface area contributed by atoms with Crippen LogP contribution in [0, 0.1) is 5.92 Å². The first-order chi connectivity index (χ1) is 12.8. The average Bonchev–Trinajstić information content (AvgIpc) is 3.24. The molecule has 5 rings (SSSR count). The fraction of sp³-hybridized carbons (Fsp3) is 0.348. The van der Waals surface area contributed by atoms with Gasteiger partial charge in [-0.3, -0.25) is 4.79 Å². The van der Waals surface area contributed by atoms with Gasteiger partial charge in [-0.05, 0) is 24.0 Å². The Balaban J connectivity index is 1.51. The zero-order chi connectivity index (χ0) is 17.6. The predicted octanol–water partition coefficient (Wildman–Crippen LogP) is 3.92. The topological polar surface area (TPSA) is 29.5 Å². The van der Waals surface area contributed by atoms with Gasteiger partial charge in [-0.2, -0.15) is 0 Å². The highest BCUT2D eigenvalue weighted by atomic mass is 16.5. The summed E-state index contributed by atoms with van der Waals surface area (Å²) in [5, 5.41) is 0. The minimum atomic E-state index is -0.464. The van der Waals surface area contributed by atoms with Gasteiger partial charge in [0.15, 0.2) is 0 Å². The van der Waals surface area contributed by atoms with Gasteiger partial charge in [0.2, 0.25) is 5.91 Å². The lowest BCUT2D eigenvalue weighted by Crippen LogP contribution is -2.44. The molecule has 2 aromatic rings. The Labute approximate surface area is 154 Å². The van der Waals surface area contributed by atoms with Crippen LogP contribution in [0.5, 0.6) is 0 Å². The maximum atomic E-state index is 13.4. The van der Waals surface area contributed by atoms with E-state index in [1.54, 1.807) is 0 Å². The van der Waals surface area contributed by atoms with E-state index in [1.165, 1.54) is 11.1 Å². The van der Waals surface area contributed by atoms with Gasteiger partial charge in [-0.1, -0.05) is 72.8 Å². The van der Waals surface area contributed by atoms with Crippen molar-refractivity contribution in [2.75, 3.05) is 6.54 Å². The predicted molar refractivity (Wildman–Crippen MR) is 101 cm³/mol. The van der Waals surface area contributed by atoms with Crippen LogP contribution in [0.4, 0.5) is 0 Å². The van der Waals surface area contributed by atoms with Gasteiger partial charge < -0.3 is 9.64 Å². The highest BCUT2D eigenvalue weighted by Crippen LogP contribution is 2.54. The van der Waals surface area contributed by atoms with Crippen molar-refractivity contribution < 1.29 is 9.53 Å². The average molecular weight is 345 g/mol. The first kappa shape index (κ1) is 15.8. The summed E-state index contributed by atoms with van der Waals surface area (Å²) in [6.45, 7) is 1.45. The molecule has 132 valence electrons. The molecule has 4 atom stereocenters. The van der Waals surface area contributed by atoms with Crippen LogP contribution in [0.3, 0.4) is 0 Å². The summed E-state index contributed by atoms with van der Waals surface area (Å²) in [5.74, 6) is 0.398. The lowest BCUT2D eigenvalue weighted by molar-refractivity contribution is -0.138. The van der Waals surface area contributed by atoms with Crippen molar-refractivity contribution in [3.8, 4) is 0 Å². The number of fused-ring (bicyclic) bond motifs is 1. The molecule has 1 spiro atoms. The summed E-state index contributed by atoms with van der Waals surface area (Å²) in [5.41, 5.74) is 2.00. The monoisotopic (exact) mass is 345 g/mol. The number of hydrogen-bond donors (Lipinski definition) is 0. The summed E-state index contributed by atoms with van der Waals surface area (Å²) >= 11 is 0. The molecule has 2 aromatic carbocycles. The number of rotatable bonds is 3. The van der Waals surface area contributed by atoms with Gasteiger partial charge >= 0.3 is 0 Å². The molecule has 3 aliphatic rings. The molecule has 0 aromatic heterocycles. The number of carbonyl (C=O) groups excluding carboxylic acids is 1. The zero-order valence-electron chi connectivity index (χ0n) is 14.8. The molecule has 0 N–H and O–H groups in total. The third kappa shape index (κ3) is 2.42. The van der Waals surface area contributed by atoms with Crippen molar-refractivity contribution >= 4 is 5.91 Å². The van der Waals surface area contributed by atoms with Crippen molar-refractivity contribution in [1.29, 1.82) is 0 Å². The number of benzene rings is 2. The maximum absolute atomic E-state index is 13.4. The Morgan fingerprint density at radius 3 is 2.46 bits per heavy atom. The molecule has 2 fully saturated rings. The van der Waals surface area contributed by atoms with Crippen LogP contribution in [-0.4, -0.2) is 29.1 Å². The van der Waals surface area contributed by atoms with E-state index in [4.69, 9.17) is 4.74 Å². The summed E-state index contributed by atoms with van der Waals surface area (Å²) < 4.78 is 6.42. The lowest BCUT2D eigenvalue weighted by atomic mass is 9.71. The molecule has 26 heavy (non-hydrogen) atoms. The Bertz CT molecular complexity index is 832. The van der Waals surface area contributed by atoms with Crippen molar-refractivity contribution in [1.82, 2.24) is 4.90 Å². The third-order valence-corrected chi connectivity index (χ3v) is 6.20. The molecule has 0 radical (unpaired) electrons. The van der Waals surface area contributed by atoms with Crippen LogP contribution in [0.2, 0.25) is 0 Å². The number of likely N-dealkylation sites (tertiary alicyclic amines) is 1. The molecule has 3 heterocycles. The van der Waals surface area contributed by atoms with E-state index in [9.17, 15) is 4.79 Å². The smallest absolute Gasteiger partial charge is 0.229 e. The van der Waals surface area contributed by atoms with E-state index in [2.05, 4.69) is 48.6 Å². The highest BCUT2D eigenvalue weighted by molar-refractivity contribution is 5.82. The molecular formula is C23H23NO2. The quantitative estimate of drug-likeness (QED) is 0.789. The number of hydrogen-bond acceptors (Lipinski definition) is 2. The van der Waals surface area contributed by atoms with Crippen LogP contribution in [0.15, 0.2) is 72.8 Å². The second-order valence-electron chi connectivity index (χ2n) is 7.65. The van der Waals surface area contributed by atoms with E-state index in [0.29, 0.717) is 6.54 Å². The molecular weight excluding hydrogens is 322 g/mol. The molecule has 3 nitrogen and oxygen atoms in total. The Kier molecular flexibility index (Phi) is 3.71. The van der Waals surface area contributed by atoms with E-state index >= 15 is 0 Å². The van der Waals surface area contributed by atoms with Crippen LogP contribution in [-0.2, 0) is 16.1 Å². The van der Waals surface area contributed by atoms with Gasteiger partial charge in [-0.25, -0.2) is 0 Å². The summed E-state index contributed by atoms with van der Waals surface area (Å²) in [7, 11) is 0. The molecule has 4 unspecified atom stereocenters. The number of nitrogens with zero attached hydrogens (tertiary/aromatic N) is 1. The van der Waals surface area contributed by atoms with Gasteiger partial charge in [-0.15, -0.1) is 0 Å². The standard InChI is InChI=1S/C23H23NO2/c25-22-21-15-19-11-13-23(21,26-19)20(18-9-5-2-6-10-18)12-14-24(22)16-17-7-3-1-4-8-17/h1-11,13,19-21H,12,14-16H2. The van der Waals surface area contributed by atoms with Crippen LogP contribution < -0.4 is 0 Å². The van der Waals surface area contributed by atoms with E-state index in [-0.39, 0.29) is 23.8 Å². The number of amides is 1. The molecule has 3 aliphatic heterocycles. The van der Waals surface area contributed by atoms with Crippen LogP contribution >= 0.6 is 0 Å². The second kappa shape index (κ2) is 6.10. The highest BCUT2D eigenvalue weighted by Gasteiger charge is 2.59. The summed E-state index contributed by atoms with van der Waals surface area (Å²) in [6, 6.07) is 20.9. The first-order valence-electron chi connectivity index (χ1n) is 9.51. The fourth-order valence-corrected chi connectivity index (χ4v) is 4.99. The molecule has 3 heteroatoms. The van der Waals surface area contributed by atoms with Crippen molar-refractivity contribution in [3.05, 3.63) is 83.9 Å². The van der Waals surface area contributed by atoms with Crippen molar-refractivity contribution in [3.63, 3.8) is 0 Å². The minimum absolute atomic E-state index is 0.0751. The molecule has 0 saturated carbocycles. The van der Waals surface area contributed by atoms with Gasteiger partial charge in [0.05, 0.1) is 12.0 Å². The second-order valence-corrected chi connectivity index (χ2v) is 7.65. The number of carbonyl (C=O) groups is 1. The lowest BCUT2D eigenvalue weighted by Gasteiger charge is -2.35. The number of ether oxygens (including phenoxy) is 1. The van der Waals surface area contributed by atoms with Gasteiger partial charge in [0.1, 0.15) is 5.60 Å². The third-order valence-electron chi connectivity index (χ3n) is 6.20. The van der Waals surface area contributed by atoms with Crippen LogP contribution in [0.1, 0.15) is 29.9 Å². The van der Waals surface area contributed by atoms with Gasteiger partial charge in [0, 0.05) is 19.0 Å². The fourth-order valence-electron chi connectivity index (χ4n) is 4.99. The maximum Gasteiger partial charge on any atom is 0.229 e. The zero-order valence-corrected chi connectivity index (χ0v) is 14.8. The Morgan fingerprint density at radius 2 is 1.73 bits per heavy atom. The van der Waals surface area contributed by atoms with E-state index < -0.39 is 5.60 Å². The first-order valence-corrected chi connectivity index (χ1v) is 9.51. The van der Waals surface area contributed by atoms with Crippen molar-refractivity contribution in [2.24, 2.45) is 5.92 Å². The molecule has 2 saturated heterocycles. The minimum Gasteiger partial charge on any atom is -0.362 e. The van der Waals surface area contributed by atoms with Crippen molar-refractivity contribution in [2.45, 2.75) is 37.0 Å². The summed E-state index contributed by atoms with van der Waals surface area (Å²) in [4.78, 5) is 15.4. The van der Waals surface area contributed by atoms with Gasteiger partial charge in [0.25, 0.3) is 0 Å². The summed E-state index contributed by atoms with van der Waals surface area (Å²) in [6.07, 6.45) is 6.17. The largest absolute Gasteiger partial charge is 0.362 e. The molecule has 2 bridgehead atoms. The Hall–Kier alpha value is -2.39. The van der Waals surface area contributed by atoms with Crippen LogP contribution in [0.25, 0.3) is 0 Å². The van der Waals surface area contributed by atoms with E-state index in [0.717, 1.165) is 19.4 Å². The molecule has 1 amide bonds. The Morgan fingerprint density at radius 1 is 1.00 bits per heavy atom. The molecule has 0 aliphatic carbocycles. The SMILES string of the molecule is O=C1C2CC3C=CC2(O3)C(c2ccccc2)CCN1Cc1ccccc1. The van der Waals surface area contributed by atoms with E-state index in [1.807, 2.05) is 29.2 Å². The normalized spacial score (nSPS) is 32.5.